The van der Waals surface area contributed by atoms with Gasteiger partial charge in [0.25, 0.3) is 0 Å². The zero-order valence-corrected chi connectivity index (χ0v) is 15.0. The van der Waals surface area contributed by atoms with Crippen LogP contribution >= 0.6 is 23.4 Å². The molecule has 0 fully saturated rings. The predicted molar refractivity (Wildman–Crippen MR) is 95.6 cm³/mol. The van der Waals surface area contributed by atoms with Crippen molar-refractivity contribution in [1.29, 1.82) is 5.26 Å². The van der Waals surface area contributed by atoms with Crippen molar-refractivity contribution in [2.45, 2.75) is 18.9 Å². The van der Waals surface area contributed by atoms with Crippen LogP contribution in [0.1, 0.15) is 27.4 Å². The van der Waals surface area contributed by atoms with Crippen molar-refractivity contribution < 1.29 is 9.32 Å². The Bertz CT molecular complexity index is 1010. The summed E-state index contributed by atoms with van der Waals surface area (Å²) in [6.45, 7) is 3.46. The molecule has 0 aliphatic rings. The van der Waals surface area contributed by atoms with Gasteiger partial charge in [0.2, 0.25) is 5.12 Å². The molecule has 0 saturated heterocycles. The number of nitrogens with zero attached hydrogens (tertiary/aromatic N) is 3. The number of benzene rings is 1. The van der Waals surface area contributed by atoms with Gasteiger partial charge >= 0.3 is 0 Å². The van der Waals surface area contributed by atoms with Gasteiger partial charge in [0, 0.05) is 11.3 Å². The van der Waals surface area contributed by atoms with Crippen LogP contribution in [0.3, 0.4) is 0 Å². The van der Waals surface area contributed by atoms with E-state index in [9.17, 15) is 10.1 Å². The van der Waals surface area contributed by atoms with Crippen LogP contribution in [0, 0.1) is 25.2 Å². The fourth-order valence-electron chi connectivity index (χ4n) is 2.28. The second-order valence-corrected chi connectivity index (χ2v) is 6.62. The van der Waals surface area contributed by atoms with E-state index < -0.39 is 0 Å². The highest BCUT2D eigenvalue weighted by atomic mass is 35.5. The van der Waals surface area contributed by atoms with Crippen LogP contribution in [0.2, 0.25) is 5.02 Å². The highest BCUT2D eigenvalue weighted by Gasteiger charge is 2.25. The molecule has 0 unspecified atom stereocenters. The van der Waals surface area contributed by atoms with E-state index in [2.05, 4.69) is 10.1 Å². The molecule has 0 bridgehead atoms. The van der Waals surface area contributed by atoms with Gasteiger partial charge in [-0.3, -0.25) is 4.79 Å². The van der Waals surface area contributed by atoms with Crippen molar-refractivity contribution in [3.63, 3.8) is 0 Å². The Morgan fingerprint density at radius 1 is 1.24 bits per heavy atom. The molecule has 3 aromatic rings. The SMILES string of the molecule is Cc1ccc(C#N)c(SC(=O)c2c(-c3ccccc3Cl)noc2C)n1. The number of hydrogen-bond acceptors (Lipinski definition) is 6. The molecule has 0 amide bonds. The van der Waals surface area contributed by atoms with Crippen LogP contribution in [0.5, 0.6) is 0 Å². The molecule has 3 rings (SSSR count). The van der Waals surface area contributed by atoms with Gasteiger partial charge < -0.3 is 4.52 Å². The number of aromatic nitrogens is 2. The maximum Gasteiger partial charge on any atom is 0.231 e. The molecule has 0 atom stereocenters. The minimum atomic E-state index is -0.303. The van der Waals surface area contributed by atoms with Crippen LogP contribution in [-0.2, 0) is 0 Å². The van der Waals surface area contributed by atoms with Crippen LogP contribution < -0.4 is 0 Å². The molecule has 0 aliphatic carbocycles. The zero-order valence-electron chi connectivity index (χ0n) is 13.4. The third-order valence-electron chi connectivity index (χ3n) is 3.51. The first-order valence-corrected chi connectivity index (χ1v) is 8.51. The quantitative estimate of drug-likeness (QED) is 0.616. The Balaban J connectivity index is 2.03. The lowest BCUT2D eigenvalue weighted by molar-refractivity contribution is 0.108. The third kappa shape index (κ3) is 3.43. The fourth-order valence-corrected chi connectivity index (χ4v) is 3.44. The van der Waals surface area contributed by atoms with Crippen LogP contribution in [-0.4, -0.2) is 15.3 Å². The molecule has 0 radical (unpaired) electrons. The number of hydrogen-bond donors (Lipinski definition) is 0. The largest absolute Gasteiger partial charge is 0.360 e. The van der Waals surface area contributed by atoms with Crippen molar-refractivity contribution in [3.8, 4) is 17.3 Å². The normalized spacial score (nSPS) is 10.5. The highest BCUT2D eigenvalue weighted by Crippen LogP contribution is 2.35. The van der Waals surface area contributed by atoms with E-state index in [1.54, 1.807) is 44.2 Å². The monoisotopic (exact) mass is 369 g/mol. The molecule has 0 aliphatic heterocycles. The number of thioether (sulfide) groups is 1. The number of pyridine rings is 1. The molecule has 124 valence electrons. The van der Waals surface area contributed by atoms with Crippen LogP contribution in [0.25, 0.3) is 11.3 Å². The first kappa shape index (κ1) is 17.2. The summed E-state index contributed by atoms with van der Waals surface area (Å²) >= 11 is 7.10. The van der Waals surface area contributed by atoms with Crippen molar-refractivity contribution in [2.24, 2.45) is 0 Å². The number of carbonyl (C=O) groups is 1. The van der Waals surface area contributed by atoms with Crippen molar-refractivity contribution in [3.05, 3.63) is 64.0 Å². The van der Waals surface area contributed by atoms with E-state index in [4.69, 9.17) is 16.1 Å². The zero-order chi connectivity index (χ0) is 18.0. The first-order chi connectivity index (χ1) is 12.0. The second kappa shape index (κ2) is 7.09. The van der Waals surface area contributed by atoms with Crippen molar-refractivity contribution >= 4 is 28.5 Å². The van der Waals surface area contributed by atoms with E-state index in [0.717, 1.165) is 17.5 Å². The van der Waals surface area contributed by atoms with Gasteiger partial charge in [0.05, 0.1) is 16.1 Å². The standard InChI is InChI=1S/C18H12ClN3O2S/c1-10-7-8-12(9-20)17(21-10)25-18(23)15-11(2)24-22-16(15)13-5-3-4-6-14(13)19/h3-8H,1-2H3. The molecule has 0 spiro atoms. The van der Waals surface area contributed by atoms with Gasteiger partial charge in [-0.15, -0.1) is 0 Å². The van der Waals surface area contributed by atoms with Gasteiger partial charge in [-0.25, -0.2) is 4.98 Å². The number of nitriles is 1. The fraction of sp³-hybridized carbons (Fsp3) is 0.111. The molecule has 1 aromatic carbocycles. The van der Waals surface area contributed by atoms with Gasteiger partial charge in [-0.1, -0.05) is 35.0 Å². The molecular formula is C18H12ClN3O2S. The summed E-state index contributed by atoms with van der Waals surface area (Å²) < 4.78 is 5.22. The Morgan fingerprint density at radius 3 is 2.72 bits per heavy atom. The molecule has 0 N–H and O–H groups in total. The summed E-state index contributed by atoms with van der Waals surface area (Å²) in [5.74, 6) is 0.388. The summed E-state index contributed by atoms with van der Waals surface area (Å²) in [5, 5.41) is 13.7. The lowest BCUT2D eigenvalue weighted by Gasteiger charge is -2.05. The van der Waals surface area contributed by atoms with E-state index in [1.807, 2.05) is 12.1 Å². The van der Waals surface area contributed by atoms with Gasteiger partial charge in [0.15, 0.2) is 0 Å². The molecule has 5 nitrogen and oxygen atoms in total. The topological polar surface area (TPSA) is 79.8 Å². The average molecular weight is 370 g/mol. The molecule has 2 aromatic heterocycles. The Hall–Kier alpha value is -2.62. The molecule has 25 heavy (non-hydrogen) atoms. The third-order valence-corrected chi connectivity index (χ3v) is 4.73. The number of carbonyl (C=O) groups excluding carboxylic acids is 1. The van der Waals surface area contributed by atoms with Crippen molar-refractivity contribution in [1.82, 2.24) is 10.1 Å². The molecule has 2 heterocycles. The van der Waals surface area contributed by atoms with Crippen LogP contribution in [0.4, 0.5) is 0 Å². The van der Waals surface area contributed by atoms with E-state index in [-0.39, 0.29) is 5.12 Å². The Labute approximate surface area is 153 Å². The van der Waals surface area contributed by atoms with Gasteiger partial charge in [-0.2, -0.15) is 5.26 Å². The lowest BCUT2D eigenvalue weighted by Crippen LogP contribution is -2.00. The number of rotatable bonds is 3. The maximum atomic E-state index is 12.9. The smallest absolute Gasteiger partial charge is 0.231 e. The summed E-state index contributed by atoms with van der Waals surface area (Å²) in [6.07, 6.45) is 0. The molecule has 7 heteroatoms. The second-order valence-electron chi connectivity index (χ2n) is 5.25. The van der Waals surface area contributed by atoms with Gasteiger partial charge in [0.1, 0.15) is 22.5 Å². The summed E-state index contributed by atoms with van der Waals surface area (Å²) in [7, 11) is 0. The maximum absolute atomic E-state index is 12.9. The first-order valence-electron chi connectivity index (χ1n) is 7.32. The number of aryl methyl sites for hydroxylation is 2. The highest BCUT2D eigenvalue weighted by molar-refractivity contribution is 8.14. The van der Waals surface area contributed by atoms with E-state index in [1.165, 1.54) is 0 Å². The predicted octanol–water partition coefficient (Wildman–Crippen LogP) is 4.81. The van der Waals surface area contributed by atoms with E-state index >= 15 is 0 Å². The molecular weight excluding hydrogens is 358 g/mol. The Morgan fingerprint density at radius 2 is 2.00 bits per heavy atom. The Kier molecular flexibility index (Phi) is 4.88. The van der Waals surface area contributed by atoms with Gasteiger partial charge in [-0.05, 0) is 43.8 Å². The molecule has 0 saturated carbocycles. The average Bonchev–Trinajstić information content (AvgIpc) is 2.97. The minimum absolute atomic E-state index is 0.303. The van der Waals surface area contributed by atoms with Crippen molar-refractivity contribution in [2.75, 3.05) is 0 Å². The lowest BCUT2D eigenvalue weighted by atomic mass is 10.1. The van der Waals surface area contributed by atoms with E-state index in [0.29, 0.717) is 38.2 Å². The minimum Gasteiger partial charge on any atom is -0.360 e. The van der Waals surface area contributed by atoms with Crippen LogP contribution in [0.15, 0.2) is 45.9 Å². The summed E-state index contributed by atoms with van der Waals surface area (Å²) in [5.41, 5.74) is 2.39. The number of halogens is 1. The summed E-state index contributed by atoms with van der Waals surface area (Å²) in [6, 6.07) is 12.5. The summed E-state index contributed by atoms with van der Waals surface area (Å²) in [4.78, 5) is 17.1.